The molecular weight excluding hydrogens is 240 g/mol. The minimum atomic E-state index is -1.03. The maximum absolute atomic E-state index is 10.9. The largest absolute Gasteiger partial charge is 0.477 e. The van der Waals surface area contributed by atoms with Crippen molar-refractivity contribution in [2.24, 2.45) is 5.10 Å². The Hall–Kier alpha value is -2.62. The number of hydrogen-bond acceptors (Lipinski definition) is 3. The van der Waals surface area contributed by atoms with Gasteiger partial charge in [-0.1, -0.05) is 36.4 Å². The van der Waals surface area contributed by atoms with E-state index in [0.717, 1.165) is 11.4 Å². The van der Waals surface area contributed by atoms with Crippen molar-refractivity contribution in [1.29, 1.82) is 0 Å². The molecule has 2 aromatic carbocycles. The lowest BCUT2D eigenvalue weighted by atomic mass is 10.2. The summed E-state index contributed by atoms with van der Waals surface area (Å²) >= 11 is 0. The maximum Gasteiger partial charge on any atom is 0.351 e. The molecule has 0 aliphatic rings. The summed E-state index contributed by atoms with van der Waals surface area (Å²) in [5.41, 5.74) is 1.66. The zero-order valence-electron chi connectivity index (χ0n) is 10.5. The molecule has 0 unspecified atom stereocenters. The lowest BCUT2D eigenvalue weighted by Gasteiger charge is -2.19. The summed E-state index contributed by atoms with van der Waals surface area (Å²) in [6.45, 7) is 1.47. The van der Waals surface area contributed by atoms with E-state index in [9.17, 15) is 4.79 Å². The summed E-state index contributed by atoms with van der Waals surface area (Å²) in [5.74, 6) is -1.03. The third kappa shape index (κ3) is 3.19. The summed E-state index contributed by atoms with van der Waals surface area (Å²) in [6.07, 6.45) is 0. The van der Waals surface area contributed by atoms with E-state index in [1.54, 1.807) is 5.01 Å². The van der Waals surface area contributed by atoms with Gasteiger partial charge in [0.05, 0.1) is 11.4 Å². The minimum absolute atomic E-state index is 0.0349. The van der Waals surface area contributed by atoms with E-state index in [2.05, 4.69) is 5.10 Å². The van der Waals surface area contributed by atoms with Crippen LogP contribution in [0.2, 0.25) is 0 Å². The molecule has 0 saturated carbocycles. The van der Waals surface area contributed by atoms with Crippen LogP contribution in [0.4, 0.5) is 11.4 Å². The molecular formula is C15H14N2O2. The Bertz CT molecular complexity index is 540. The van der Waals surface area contributed by atoms with Gasteiger partial charge in [-0.2, -0.15) is 5.10 Å². The van der Waals surface area contributed by atoms with Crippen molar-refractivity contribution in [2.75, 3.05) is 5.01 Å². The van der Waals surface area contributed by atoms with Gasteiger partial charge in [0, 0.05) is 0 Å². The van der Waals surface area contributed by atoms with E-state index in [1.165, 1.54) is 6.92 Å². The van der Waals surface area contributed by atoms with E-state index < -0.39 is 5.97 Å². The van der Waals surface area contributed by atoms with Crippen LogP contribution in [0.1, 0.15) is 6.92 Å². The van der Waals surface area contributed by atoms with Gasteiger partial charge < -0.3 is 5.11 Å². The molecule has 4 nitrogen and oxygen atoms in total. The predicted octanol–water partition coefficient (Wildman–Crippen LogP) is 3.29. The molecule has 2 aromatic rings. The first kappa shape index (κ1) is 12.8. The summed E-state index contributed by atoms with van der Waals surface area (Å²) in [5, 5.41) is 14.7. The molecule has 0 spiro atoms. The van der Waals surface area contributed by atoms with Crippen LogP contribution in [0.3, 0.4) is 0 Å². The highest BCUT2D eigenvalue weighted by Gasteiger charge is 2.10. The molecule has 2 rings (SSSR count). The Labute approximate surface area is 111 Å². The zero-order chi connectivity index (χ0) is 13.7. The topological polar surface area (TPSA) is 52.9 Å². The summed E-state index contributed by atoms with van der Waals surface area (Å²) in [4.78, 5) is 10.9. The van der Waals surface area contributed by atoms with E-state index >= 15 is 0 Å². The number of hydrogen-bond donors (Lipinski definition) is 1. The van der Waals surface area contributed by atoms with Gasteiger partial charge >= 0.3 is 5.97 Å². The smallest absolute Gasteiger partial charge is 0.351 e. The monoisotopic (exact) mass is 254 g/mol. The number of hydrazone groups is 1. The highest BCUT2D eigenvalue weighted by Crippen LogP contribution is 2.25. The van der Waals surface area contributed by atoms with Crippen molar-refractivity contribution in [3.8, 4) is 0 Å². The second-order valence-corrected chi connectivity index (χ2v) is 3.97. The van der Waals surface area contributed by atoms with Crippen LogP contribution in [0, 0.1) is 0 Å². The van der Waals surface area contributed by atoms with E-state index in [1.807, 2.05) is 60.7 Å². The zero-order valence-corrected chi connectivity index (χ0v) is 10.5. The van der Waals surface area contributed by atoms with Crippen molar-refractivity contribution in [3.05, 3.63) is 60.7 Å². The van der Waals surface area contributed by atoms with Gasteiger partial charge in [0.2, 0.25) is 0 Å². The molecule has 1 N–H and O–H groups in total. The normalized spacial score (nSPS) is 11.1. The van der Waals surface area contributed by atoms with Gasteiger partial charge in [0.15, 0.2) is 0 Å². The summed E-state index contributed by atoms with van der Waals surface area (Å²) in [6, 6.07) is 18.9. The molecule has 0 amide bonds. The predicted molar refractivity (Wildman–Crippen MR) is 75.8 cm³/mol. The Balaban J connectivity index is 2.46. The van der Waals surface area contributed by atoms with E-state index in [4.69, 9.17) is 5.11 Å². The fourth-order valence-corrected chi connectivity index (χ4v) is 1.60. The van der Waals surface area contributed by atoms with Crippen LogP contribution in [0.5, 0.6) is 0 Å². The molecule has 0 bridgehead atoms. The Morgan fingerprint density at radius 2 is 1.37 bits per heavy atom. The standard InChI is InChI=1S/C15H14N2O2/c1-12(15(18)19)16-17(13-8-4-2-5-9-13)14-10-6-3-7-11-14/h2-11H,1H3,(H,18,19)/b16-12-. The Morgan fingerprint density at radius 1 is 0.947 bits per heavy atom. The number of carboxylic acids is 1. The molecule has 96 valence electrons. The maximum atomic E-state index is 10.9. The molecule has 0 atom stereocenters. The second kappa shape index (κ2) is 5.82. The van der Waals surface area contributed by atoms with Crippen LogP contribution in [-0.2, 0) is 4.79 Å². The lowest BCUT2D eigenvalue weighted by molar-refractivity contribution is -0.129. The molecule has 0 aliphatic heterocycles. The SMILES string of the molecule is C/C(=N/N(c1ccccc1)c1ccccc1)C(=O)O. The Morgan fingerprint density at radius 3 is 1.74 bits per heavy atom. The number of rotatable bonds is 4. The van der Waals surface area contributed by atoms with Gasteiger partial charge in [-0.15, -0.1) is 0 Å². The quantitative estimate of drug-likeness (QED) is 0.673. The van der Waals surface area contributed by atoms with Gasteiger partial charge in [0.25, 0.3) is 0 Å². The van der Waals surface area contributed by atoms with Crippen molar-refractivity contribution >= 4 is 23.1 Å². The van der Waals surface area contributed by atoms with Crippen LogP contribution >= 0.6 is 0 Å². The van der Waals surface area contributed by atoms with E-state index in [0.29, 0.717) is 0 Å². The molecule has 0 radical (unpaired) electrons. The minimum Gasteiger partial charge on any atom is -0.477 e. The van der Waals surface area contributed by atoms with Gasteiger partial charge in [-0.3, -0.25) is 0 Å². The van der Waals surface area contributed by atoms with Crippen LogP contribution in [0.15, 0.2) is 65.8 Å². The molecule has 0 fully saturated rings. The van der Waals surface area contributed by atoms with Crippen LogP contribution in [0.25, 0.3) is 0 Å². The summed E-state index contributed by atoms with van der Waals surface area (Å²) < 4.78 is 0. The first-order chi connectivity index (χ1) is 9.18. The highest BCUT2D eigenvalue weighted by atomic mass is 16.4. The molecule has 0 saturated heterocycles. The fourth-order valence-electron chi connectivity index (χ4n) is 1.60. The van der Waals surface area contributed by atoms with E-state index in [-0.39, 0.29) is 5.71 Å². The molecule has 0 aliphatic carbocycles. The van der Waals surface area contributed by atoms with Crippen molar-refractivity contribution in [1.82, 2.24) is 0 Å². The van der Waals surface area contributed by atoms with Crippen LogP contribution in [-0.4, -0.2) is 16.8 Å². The lowest BCUT2D eigenvalue weighted by Crippen LogP contribution is -2.17. The first-order valence-electron chi connectivity index (χ1n) is 5.87. The summed E-state index contributed by atoms with van der Waals surface area (Å²) in [7, 11) is 0. The van der Waals surface area contributed by atoms with Gasteiger partial charge in [-0.25, -0.2) is 9.80 Å². The number of carbonyl (C=O) groups is 1. The number of nitrogens with zero attached hydrogens (tertiary/aromatic N) is 2. The van der Waals surface area contributed by atoms with Crippen molar-refractivity contribution in [3.63, 3.8) is 0 Å². The molecule has 4 heteroatoms. The molecule has 19 heavy (non-hydrogen) atoms. The third-order valence-electron chi connectivity index (χ3n) is 2.56. The number of benzene rings is 2. The number of para-hydroxylation sites is 2. The number of carboxylic acid groups (broad SMARTS) is 1. The van der Waals surface area contributed by atoms with Crippen molar-refractivity contribution in [2.45, 2.75) is 6.92 Å². The number of aliphatic carboxylic acids is 1. The number of anilines is 2. The fraction of sp³-hybridized carbons (Fsp3) is 0.0667. The first-order valence-corrected chi connectivity index (χ1v) is 5.87. The average Bonchev–Trinajstić information content (AvgIpc) is 2.46. The van der Waals surface area contributed by atoms with Crippen LogP contribution < -0.4 is 5.01 Å². The Kier molecular flexibility index (Phi) is 3.93. The highest BCUT2D eigenvalue weighted by molar-refractivity contribution is 6.34. The van der Waals surface area contributed by atoms with Gasteiger partial charge in [-0.05, 0) is 31.2 Å². The second-order valence-electron chi connectivity index (χ2n) is 3.97. The molecule has 0 aromatic heterocycles. The molecule has 0 heterocycles. The van der Waals surface area contributed by atoms with Crippen molar-refractivity contribution < 1.29 is 9.90 Å². The average molecular weight is 254 g/mol. The van der Waals surface area contributed by atoms with Gasteiger partial charge in [0.1, 0.15) is 5.71 Å². The third-order valence-corrected chi connectivity index (χ3v) is 2.56.